The summed E-state index contributed by atoms with van der Waals surface area (Å²) in [5.41, 5.74) is 4.42. The Kier molecular flexibility index (Phi) is 7.58. The van der Waals surface area contributed by atoms with Gasteiger partial charge in [0, 0.05) is 81.9 Å². The van der Waals surface area contributed by atoms with Crippen molar-refractivity contribution in [2.75, 3.05) is 68.7 Å². The van der Waals surface area contributed by atoms with Gasteiger partial charge in [-0.2, -0.15) is 10.5 Å². The quantitative estimate of drug-likeness (QED) is 0.529. The van der Waals surface area contributed by atoms with Gasteiger partial charge in [-0.25, -0.2) is 0 Å². The van der Waals surface area contributed by atoms with E-state index in [0.717, 1.165) is 93.9 Å². The van der Waals surface area contributed by atoms with Gasteiger partial charge in [0.15, 0.2) is 0 Å². The highest BCUT2D eigenvalue weighted by molar-refractivity contribution is 5.95. The van der Waals surface area contributed by atoms with Crippen LogP contribution in [0.2, 0.25) is 0 Å². The minimum atomic E-state index is -0.431. The number of ether oxygens (including phenoxy) is 1. The second kappa shape index (κ2) is 11.4. The number of rotatable bonds is 5. The molecule has 3 fully saturated rings. The van der Waals surface area contributed by atoms with E-state index in [4.69, 9.17) is 4.74 Å². The zero-order valence-electron chi connectivity index (χ0n) is 23.2. The molecule has 2 atom stereocenters. The number of fused-ring (bicyclic) bond motifs is 1. The molecule has 1 N–H and O–H groups in total. The van der Waals surface area contributed by atoms with Gasteiger partial charge in [0.2, 0.25) is 0 Å². The first-order valence-electron chi connectivity index (χ1n) is 14.5. The van der Waals surface area contributed by atoms with Gasteiger partial charge < -0.3 is 24.8 Å². The lowest BCUT2D eigenvalue weighted by Crippen LogP contribution is -2.52. The molecule has 1 aromatic heterocycles. The van der Waals surface area contributed by atoms with Crippen molar-refractivity contribution in [3.8, 4) is 12.1 Å². The average molecular weight is 536 g/mol. The second-order valence-corrected chi connectivity index (χ2v) is 11.4. The molecule has 0 saturated carbocycles. The van der Waals surface area contributed by atoms with Crippen molar-refractivity contribution in [2.45, 2.75) is 37.4 Å². The molecule has 206 valence electrons. The molecule has 0 amide bonds. The number of aromatic nitrogens is 1. The molecule has 6 rings (SSSR count). The van der Waals surface area contributed by atoms with E-state index in [0.29, 0.717) is 5.56 Å². The van der Waals surface area contributed by atoms with Gasteiger partial charge in [-0.05, 0) is 61.7 Å². The Hall–Kier alpha value is -3.69. The number of hydrogen-bond acceptors (Lipinski definition) is 8. The summed E-state index contributed by atoms with van der Waals surface area (Å²) >= 11 is 0. The molecule has 0 bridgehead atoms. The predicted molar refractivity (Wildman–Crippen MR) is 157 cm³/mol. The van der Waals surface area contributed by atoms with Gasteiger partial charge in [0.25, 0.3) is 0 Å². The molecule has 0 radical (unpaired) electrons. The molecule has 4 heterocycles. The molecule has 3 aromatic rings. The molecule has 40 heavy (non-hydrogen) atoms. The maximum absolute atomic E-state index is 10.3. The fraction of sp³-hybridized carbons (Fsp3) is 0.469. The number of morpholine rings is 1. The van der Waals surface area contributed by atoms with Gasteiger partial charge >= 0.3 is 0 Å². The number of nitrogens with zero attached hydrogens (tertiary/aromatic N) is 6. The van der Waals surface area contributed by atoms with E-state index < -0.39 is 5.41 Å². The number of pyridine rings is 1. The fourth-order valence-corrected chi connectivity index (χ4v) is 6.65. The van der Waals surface area contributed by atoms with Crippen LogP contribution < -0.4 is 15.1 Å². The van der Waals surface area contributed by atoms with Crippen LogP contribution in [-0.2, 0) is 10.2 Å². The van der Waals surface area contributed by atoms with Crippen molar-refractivity contribution in [1.29, 1.82) is 10.5 Å². The molecule has 0 unspecified atom stereocenters. The molecule has 0 aliphatic carbocycles. The van der Waals surface area contributed by atoms with E-state index in [9.17, 15) is 10.5 Å². The number of benzene rings is 2. The minimum absolute atomic E-state index is 0.0685. The van der Waals surface area contributed by atoms with Crippen molar-refractivity contribution in [3.63, 3.8) is 0 Å². The minimum Gasteiger partial charge on any atom is -0.370 e. The molecule has 3 aliphatic heterocycles. The average Bonchev–Trinajstić information content (AvgIpc) is 3.01. The summed E-state index contributed by atoms with van der Waals surface area (Å²) in [5.74, 6) is 0. The summed E-state index contributed by atoms with van der Waals surface area (Å²) in [7, 11) is 0. The standard InChI is InChI=1S/C32H37N7O/c1-24-20-39(30-9-4-25(19-33)31-29(30)3-2-12-36-31)22-28(40-24)21-37-15-10-32(23-34,11-16-37)26-5-7-27(8-6-26)38-17-13-35-14-18-38/h2-9,12,24,28,35H,10-11,13-18,20-22H2,1H3/t24-,28+/m1/s1. The Labute approximate surface area is 236 Å². The molecule has 0 spiro atoms. The number of anilines is 2. The molecule has 2 aromatic carbocycles. The maximum Gasteiger partial charge on any atom is 0.101 e. The van der Waals surface area contributed by atoms with Gasteiger partial charge in [-0.1, -0.05) is 12.1 Å². The monoisotopic (exact) mass is 535 g/mol. The number of nitriles is 2. The van der Waals surface area contributed by atoms with Gasteiger partial charge in [-0.3, -0.25) is 4.98 Å². The molecule has 8 nitrogen and oxygen atoms in total. The highest BCUT2D eigenvalue weighted by atomic mass is 16.5. The van der Waals surface area contributed by atoms with E-state index in [2.05, 4.69) is 74.4 Å². The van der Waals surface area contributed by atoms with E-state index >= 15 is 0 Å². The Morgan fingerprint density at radius 2 is 1.75 bits per heavy atom. The van der Waals surface area contributed by atoms with Gasteiger partial charge in [0.1, 0.15) is 6.07 Å². The maximum atomic E-state index is 10.3. The lowest BCUT2D eigenvalue weighted by Gasteiger charge is -2.43. The van der Waals surface area contributed by atoms with Crippen LogP contribution in [0.15, 0.2) is 54.7 Å². The summed E-state index contributed by atoms with van der Waals surface area (Å²) in [6, 6.07) is 21.6. The first-order valence-corrected chi connectivity index (χ1v) is 14.5. The third-order valence-electron chi connectivity index (χ3n) is 8.82. The van der Waals surface area contributed by atoms with Crippen LogP contribution in [0.25, 0.3) is 10.9 Å². The van der Waals surface area contributed by atoms with Crippen molar-refractivity contribution in [2.24, 2.45) is 0 Å². The number of nitrogens with one attached hydrogen (secondary N) is 1. The summed E-state index contributed by atoms with van der Waals surface area (Å²) < 4.78 is 6.41. The second-order valence-electron chi connectivity index (χ2n) is 11.4. The molecule has 3 aliphatic rings. The predicted octanol–water partition coefficient (Wildman–Crippen LogP) is 3.67. The van der Waals surface area contributed by atoms with Crippen molar-refractivity contribution in [1.82, 2.24) is 15.2 Å². The van der Waals surface area contributed by atoms with Crippen LogP contribution >= 0.6 is 0 Å². The van der Waals surface area contributed by atoms with Crippen LogP contribution in [0.3, 0.4) is 0 Å². The van der Waals surface area contributed by atoms with Gasteiger partial charge in [-0.15, -0.1) is 0 Å². The highest BCUT2D eigenvalue weighted by Crippen LogP contribution is 2.36. The van der Waals surface area contributed by atoms with Crippen molar-refractivity contribution < 1.29 is 4.74 Å². The molecular weight excluding hydrogens is 498 g/mol. The Morgan fingerprint density at radius 1 is 0.975 bits per heavy atom. The summed E-state index contributed by atoms with van der Waals surface area (Å²) in [5, 5.41) is 24.3. The number of likely N-dealkylation sites (tertiary alicyclic amines) is 1. The number of hydrogen-bond donors (Lipinski definition) is 1. The Bertz CT molecular complexity index is 1410. The summed E-state index contributed by atoms with van der Waals surface area (Å²) in [6.07, 6.45) is 3.57. The van der Waals surface area contributed by atoms with E-state index in [1.807, 2.05) is 18.2 Å². The lowest BCUT2D eigenvalue weighted by molar-refractivity contribution is -0.0360. The number of piperazine rings is 1. The SMILES string of the molecule is C[C@@H]1CN(c2ccc(C#N)c3ncccc23)C[C@H](CN2CCC(C#N)(c3ccc(N4CCNCC4)cc3)CC2)O1. The van der Waals surface area contributed by atoms with E-state index in [1.54, 1.807) is 6.20 Å². The number of piperidine rings is 1. The van der Waals surface area contributed by atoms with Crippen molar-refractivity contribution in [3.05, 3.63) is 65.9 Å². The normalized spacial score (nSPS) is 23.5. The smallest absolute Gasteiger partial charge is 0.101 e. The van der Waals surface area contributed by atoms with E-state index in [1.165, 1.54) is 5.69 Å². The zero-order valence-corrected chi connectivity index (χ0v) is 23.2. The summed E-state index contributed by atoms with van der Waals surface area (Å²) in [4.78, 5) is 11.7. The Morgan fingerprint density at radius 3 is 2.48 bits per heavy atom. The fourth-order valence-electron chi connectivity index (χ4n) is 6.65. The van der Waals surface area contributed by atoms with Crippen molar-refractivity contribution >= 4 is 22.3 Å². The van der Waals surface area contributed by atoms with Crippen LogP contribution in [0, 0.1) is 22.7 Å². The lowest BCUT2D eigenvalue weighted by atomic mass is 9.74. The summed E-state index contributed by atoms with van der Waals surface area (Å²) in [6.45, 7) is 10.4. The first kappa shape index (κ1) is 26.5. The Balaban J connectivity index is 1.11. The molecule has 3 saturated heterocycles. The van der Waals surface area contributed by atoms with Crippen LogP contribution in [0.1, 0.15) is 30.9 Å². The third-order valence-corrected chi connectivity index (χ3v) is 8.82. The molecule has 8 heteroatoms. The van der Waals surface area contributed by atoms with Crippen LogP contribution in [0.4, 0.5) is 11.4 Å². The highest BCUT2D eigenvalue weighted by Gasteiger charge is 2.38. The zero-order chi connectivity index (χ0) is 27.5. The van der Waals surface area contributed by atoms with Crippen LogP contribution in [-0.4, -0.2) is 81.0 Å². The largest absolute Gasteiger partial charge is 0.370 e. The van der Waals surface area contributed by atoms with E-state index in [-0.39, 0.29) is 12.2 Å². The first-order chi connectivity index (χ1) is 19.6. The topological polar surface area (TPSA) is 91.5 Å². The molecular formula is C32H37N7O. The van der Waals surface area contributed by atoms with Gasteiger partial charge in [0.05, 0.1) is 34.8 Å². The third kappa shape index (κ3) is 5.23. The van der Waals surface area contributed by atoms with Crippen LogP contribution in [0.5, 0.6) is 0 Å².